The van der Waals surface area contributed by atoms with Crippen molar-refractivity contribution in [1.29, 1.82) is 0 Å². The van der Waals surface area contributed by atoms with Gasteiger partial charge in [-0.2, -0.15) is 5.10 Å². The zero-order valence-electron chi connectivity index (χ0n) is 21.4. The summed E-state index contributed by atoms with van der Waals surface area (Å²) in [5.41, 5.74) is 0.938. The lowest BCUT2D eigenvalue weighted by Crippen LogP contribution is -2.57. The second-order valence-electron chi connectivity index (χ2n) is 11.1. The van der Waals surface area contributed by atoms with Gasteiger partial charge in [0.2, 0.25) is 0 Å². The number of hydrogen-bond acceptors (Lipinski definition) is 7. The van der Waals surface area contributed by atoms with Gasteiger partial charge in [-0.05, 0) is 63.7 Å². The molecule has 5 rings (SSSR count). The number of carbonyl (C=O) groups excluding carboxylic acids is 1. The number of rotatable bonds is 6. The molecule has 1 amide bonds. The minimum absolute atomic E-state index is 0.000714. The van der Waals surface area contributed by atoms with Crippen molar-refractivity contribution in [2.24, 2.45) is 22.9 Å². The van der Waals surface area contributed by atoms with Crippen LogP contribution in [0.15, 0.2) is 5.10 Å². The Kier molecular flexibility index (Phi) is 8.36. The fourth-order valence-electron chi connectivity index (χ4n) is 7.25. The van der Waals surface area contributed by atoms with Crippen LogP contribution in [0.2, 0.25) is 0 Å². The highest BCUT2D eigenvalue weighted by Gasteiger charge is 2.49. The van der Waals surface area contributed by atoms with Gasteiger partial charge in [0.05, 0.1) is 29.9 Å². The van der Waals surface area contributed by atoms with Crippen molar-refractivity contribution in [3.05, 3.63) is 0 Å². The second kappa shape index (κ2) is 11.3. The molecule has 10 atom stereocenters. The van der Waals surface area contributed by atoms with Crippen molar-refractivity contribution >= 4 is 23.2 Å². The molecule has 9 heteroatoms. The first-order valence-corrected chi connectivity index (χ1v) is 14.0. The summed E-state index contributed by atoms with van der Waals surface area (Å²) in [6.07, 6.45) is 9.57. The number of amides is 1. The minimum Gasteiger partial charge on any atom is -0.381 e. The van der Waals surface area contributed by atoms with E-state index in [0.29, 0.717) is 30.6 Å². The molecule has 3 heterocycles. The minimum atomic E-state index is -0.387. The molecule has 10 unspecified atom stereocenters. The van der Waals surface area contributed by atoms with Crippen molar-refractivity contribution in [2.45, 2.75) is 106 Å². The molecule has 0 aromatic rings. The number of nitrogens with one attached hydrogen (secondary N) is 1. The second-order valence-corrected chi connectivity index (χ2v) is 11.6. The van der Waals surface area contributed by atoms with Gasteiger partial charge in [-0.25, -0.2) is 5.01 Å². The lowest BCUT2D eigenvalue weighted by molar-refractivity contribution is -0.144. The van der Waals surface area contributed by atoms with Gasteiger partial charge >= 0.3 is 0 Å². The number of carbonyl (C=O) groups is 1. The van der Waals surface area contributed by atoms with Crippen LogP contribution in [0.5, 0.6) is 0 Å². The first kappa shape index (κ1) is 25.9. The average molecular weight is 512 g/mol. The van der Waals surface area contributed by atoms with Crippen LogP contribution in [-0.2, 0) is 23.7 Å². The van der Waals surface area contributed by atoms with Crippen LogP contribution in [-0.4, -0.2) is 86.6 Å². The molecule has 4 fully saturated rings. The molecule has 0 radical (unpaired) electrons. The molecule has 0 aromatic heterocycles. The number of hydrazone groups is 1. The first-order chi connectivity index (χ1) is 17.0. The zero-order chi connectivity index (χ0) is 24.5. The Bertz CT molecular complexity index is 778. The Labute approximate surface area is 214 Å². The Hall–Kier alpha value is -0.770. The molecule has 2 saturated carbocycles. The number of methoxy groups -OCH3 is 3. The highest BCUT2D eigenvalue weighted by molar-refractivity contribution is 6.20. The van der Waals surface area contributed by atoms with Gasteiger partial charge in [-0.3, -0.25) is 10.1 Å². The predicted molar refractivity (Wildman–Crippen MR) is 133 cm³/mol. The SMILES string of the molecule is COC1CCC2NC(Cl)C(C3CC(C4CCC(OC)C(OC)C4)=NN3C(=O)C3CCCO3)CC2C1. The maximum Gasteiger partial charge on any atom is 0.272 e. The lowest BCUT2D eigenvalue weighted by Gasteiger charge is -2.47. The molecule has 3 aliphatic heterocycles. The van der Waals surface area contributed by atoms with Crippen LogP contribution >= 0.6 is 11.6 Å². The number of fused-ring (bicyclic) bond motifs is 1. The molecule has 8 nitrogen and oxygen atoms in total. The Balaban J connectivity index is 1.35. The summed E-state index contributed by atoms with van der Waals surface area (Å²) in [4.78, 5) is 13.6. The monoisotopic (exact) mass is 511 g/mol. The number of alkyl halides is 1. The molecule has 2 saturated heterocycles. The molecule has 2 aliphatic carbocycles. The van der Waals surface area contributed by atoms with E-state index in [4.69, 9.17) is 35.6 Å². The summed E-state index contributed by atoms with van der Waals surface area (Å²) in [5, 5.41) is 10.5. The summed E-state index contributed by atoms with van der Waals surface area (Å²) >= 11 is 7.00. The molecule has 1 N–H and O–H groups in total. The molecule has 0 spiro atoms. The number of ether oxygens (including phenoxy) is 4. The molecule has 5 aliphatic rings. The van der Waals surface area contributed by atoms with E-state index in [1.165, 1.54) is 0 Å². The van der Waals surface area contributed by atoms with Gasteiger partial charge in [0, 0.05) is 57.9 Å². The molecule has 0 bridgehead atoms. The number of hydrogen-bond donors (Lipinski definition) is 1. The Morgan fingerprint density at radius 2 is 1.86 bits per heavy atom. The first-order valence-electron chi connectivity index (χ1n) is 13.5. The van der Waals surface area contributed by atoms with Crippen molar-refractivity contribution < 1.29 is 23.7 Å². The number of halogens is 1. The maximum absolute atomic E-state index is 13.6. The molecule has 0 aromatic carbocycles. The van der Waals surface area contributed by atoms with E-state index in [9.17, 15) is 4.79 Å². The van der Waals surface area contributed by atoms with Crippen molar-refractivity contribution in [2.75, 3.05) is 27.9 Å². The summed E-state index contributed by atoms with van der Waals surface area (Å²) in [6.45, 7) is 0.646. The van der Waals surface area contributed by atoms with Gasteiger partial charge in [0.15, 0.2) is 0 Å². The lowest BCUT2D eigenvalue weighted by atomic mass is 9.72. The van der Waals surface area contributed by atoms with Gasteiger partial charge in [-0.15, -0.1) is 11.6 Å². The predicted octanol–water partition coefficient (Wildman–Crippen LogP) is 3.31. The molecular formula is C26H42ClN3O5. The number of piperidine rings is 1. The third-order valence-electron chi connectivity index (χ3n) is 9.29. The summed E-state index contributed by atoms with van der Waals surface area (Å²) in [6, 6.07) is 0.387. The van der Waals surface area contributed by atoms with E-state index in [-0.39, 0.29) is 41.7 Å². The van der Waals surface area contributed by atoms with Crippen LogP contribution in [0.1, 0.15) is 64.2 Å². The normalized spacial score (nSPS) is 44.2. The molecular weight excluding hydrogens is 470 g/mol. The molecule has 35 heavy (non-hydrogen) atoms. The van der Waals surface area contributed by atoms with Gasteiger partial charge < -0.3 is 18.9 Å². The molecule has 198 valence electrons. The highest BCUT2D eigenvalue weighted by atomic mass is 35.5. The van der Waals surface area contributed by atoms with E-state index in [2.05, 4.69) is 5.32 Å². The fourth-order valence-corrected chi connectivity index (χ4v) is 7.69. The third kappa shape index (κ3) is 5.30. The van der Waals surface area contributed by atoms with E-state index >= 15 is 0 Å². The van der Waals surface area contributed by atoms with Crippen LogP contribution in [0.25, 0.3) is 0 Å². The van der Waals surface area contributed by atoms with Crippen molar-refractivity contribution in [3.63, 3.8) is 0 Å². The van der Waals surface area contributed by atoms with Gasteiger partial charge in [0.1, 0.15) is 6.10 Å². The summed E-state index contributed by atoms with van der Waals surface area (Å²) in [7, 11) is 5.32. The van der Waals surface area contributed by atoms with Crippen LogP contribution in [0.4, 0.5) is 0 Å². The van der Waals surface area contributed by atoms with E-state index < -0.39 is 0 Å². The summed E-state index contributed by atoms with van der Waals surface area (Å²) < 4.78 is 22.9. The van der Waals surface area contributed by atoms with Crippen LogP contribution < -0.4 is 5.32 Å². The van der Waals surface area contributed by atoms with Crippen LogP contribution in [0.3, 0.4) is 0 Å². The topological polar surface area (TPSA) is 81.6 Å². The quantitative estimate of drug-likeness (QED) is 0.435. The van der Waals surface area contributed by atoms with Crippen molar-refractivity contribution in [3.8, 4) is 0 Å². The summed E-state index contributed by atoms with van der Waals surface area (Å²) in [5.74, 6) is 0.934. The van der Waals surface area contributed by atoms with E-state index in [1.807, 2.05) is 7.11 Å². The van der Waals surface area contributed by atoms with Crippen LogP contribution in [0, 0.1) is 17.8 Å². The van der Waals surface area contributed by atoms with Gasteiger partial charge in [-0.1, -0.05) is 0 Å². The van der Waals surface area contributed by atoms with Gasteiger partial charge in [0.25, 0.3) is 5.91 Å². The maximum atomic E-state index is 13.6. The van der Waals surface area contributed by atoms with E-state index in [0.717, 1.165) is 69.9 Å². The number of nitrogens with zero attached hydrogens (tertiary/aromatic N) is 2. The highest BCUT2D eigenvalue weighted by Crippen LogP contribution is 2.43. The zero-order valence-corrected chi connectivity index (χ0v) is 22.1. The average Bonchev–Trinajstić information content (AvgIpc) is 3.58. The standard InChI is InChI=1S/C26H42ClN3O5/c1-32-17-7-8-19-16(11-17)12-18(25(27)28-19)21-14-20(15-6-9-22(33-2)24(13-15)34-3)29-30(21)26(31)23-5-4-10-35-23/h15-19,21-25,28H,4-14H2,1-3H3. The fraction of sp³-hybridized carbons (Fsp3) is 0.923. The smallest absolute Gasteiger partial charge is 0.272 e. The van der Waals surface area contributed by atoms with E-state index in [1.54, 1.807) is 19.2 Å². The third-order valence-corrected chi connectivity index (χ3v) is 9.74. The Morgan fingerprint density at radius 1 is 1.03 bits per heavy atom. The Morgan fingerprint density at radius 3 is 2.57 bits per heavy atom. The van der Waals surface area contributed by atoms with Crippen molar-refractivity contribution in [1.82, 2.24) is 10.3 Å². The largest absolute Gasteiger partial charge is 0.381 e.